The highest BCUT2D eigenvalue weighted by atomic mass is 35.6. The molecule has 0 amide bonds. The van der Waals surface area contributed by atoms with Gasteiger partial charge in [0.2, 0.25) is 7.38 Å². The molecule has 0 aliphatic carbocycles. The van der Waals surface area contributed by atoms with Crippen molar-refractivity contribution in [3.63, 3.8) is 0 Å². The summed E-state index contributed by atoms with van der Waals surface area (Å²) in [6.07, 6.45) is 7.97. The Morgan fingerprint density at radius 1 is 0.594 bits per heavy atom. The van der Waals surface area contributed by atoms with Crippen molar-refractivity contribution < 1.29 is 0 Å². The number of hydrogen-bond donors (Lipinski definition) is 0. The molecule has 0 nitrogen and oxygen atoms in total. The van der Waals surface area contributed by atoms with Crippen LogP contribution in [0.2, 0.25) is 23.2 Å². The van der Waals surface area contributed by atoms with Crippen molar-refractivity contribution in [3.8, 4) is 0 Å². The van der Waals surface area contributed by atoms with Crippen molar-refractivity contribution in [2.45, 2.75) is 103 Å². The molecule has 0 aromatic heterocycles. The first kappa shape index (κ1) is 29.5. The van der Waals surface area contributed by atoms with Crippen LogP contribution >= 0.6 is 22.2 Å². The molecule has 0 N–H and O–H groups in total. The van der Waals surface area contributed by atoms with E-state index in [0.29, 0.717) is 0 Å². The number of hydrogen-bond acceptors (Lipinski definition) is 0. The van der Waals surface area contributed by atoms with Gasteiger partial charge in [-0.1, -0.05) is 141 Å². The van der Waals surface area contributed by atoms with Crippen LogP contribution in [0.5, 0.6) is 0 Å². The maximum atomic E-state index is 7.21. The first-order valence-electron chi connectivity index (χ1n) is 12.6. The zero-order valence-corrected chi connectivity index (χ0v) is 24.9. The topological polar surface area (TPSA) is 0 Å². The van der Waals surface area contributed by atoms with E-state index in [2.05, 4.69) is 90.1 Å². The summed E-state index contributed by atoms with van der Waals surface area (Å²) in [6, 6.07) is 25.1. The second kappa shape index (κ2) is 14.7. The van der Waals surface area contributed by atoms with Gasteiger partial charge in [-0.3, -0.25) is 0 Å². The Hall–Kier alpha value is -0.546. The molecule has 2 rings (SSSR count). The van der Waals surface area contributed by atoms with E-state index < -0.39 is 14.8 Å². The number of benzene rings is 2. The summed E-state index contributed by atoms with van der Waals surface area (Å²) in [5, 5.41) is 2.63. The molecule has 4 heteroatoms. The predicted octanol–water partition coefficient (Wildman–Crippen LogP) is 9.36. The Kier molecular flexibility index (Phi) is 13.5. The molecular formula is C28H46Cl2Si2. The van der Waals surface area contributed by atoms with E-state index in [4.69, 9.17) is 22.2 Å². The molecule has 32 heavy (non-hydrogen) atoms. The van der Waals surface area contributed by atoms with Crippen LogP contribution in [0, 0.1) is 0 Å². The van der Waals surface area contributed by atoms with E-state index in [9.17, 15) is 0 Å². The molecule has 0 aliphatic heterocycles. The summed E-state index contributed by atoms with van der Waals surface area (Å²) in [6.45, 7) is 13.5. The van der Waals surface area contributed by atoms with Crippen LogP contribution in [0.3, 0.4) is 0 Å². The summed E-state index contributed by atoms with van der Waals surface area (Å²) in [4.78, 5) is 0. The van der Waals surface area contributed by atoms with Gasteiger partial charge in [-0.05, 0) is 33.5 Å². The molecule has 0 radical (unpaired) electrons. The first-order valence-corrected chi connectivity index (χ1v) is 19.3. The van der Waals surface area contributed by atoms with Crippen LogP contribution < -0.4 is 10.4 Å². The summed E-state index contributed by atoms with van der Waals surface area (Å²) in [7, 11) is -3.57. The molecule has 0 aliphatic rings. The van der Waals surface area contributed by atoms with Crippen LogP contribution in [0.1, 0.15) is 80.1 Å². The Labute approximate surface area is 210 Å². The maximum absolute atomic E-state index is 7.21. The second-order valence-electron chi connectivity index (χ2n) is 10.1. The van der Waals surface area contributed by atoms with Gasteiger partial charge in [0.1, 0.15) is 0 Å². The third-order valence-corrected chi connectivity index (χ3v) is 19.1. The van der Waals surface area contributed by atoms with Crippen molar-refractivity contribution in [3.05, 3.63) is 60.7 Å². The van der Waals surface area contributed by atoms with Crippen LogP contribution in [-0.2, 0) is 0 Å². The van der Waals surface area contributed by atoms with Crippen molar-refractivity contribution in [2.75, 3.05) is 0 Å². The molecule has 0 unspecified atom stereocenters. The molecule has 0 heterocycles. The van der Waals surface area contributed by atoms with Crippen LogP contribution in [-0.4, -0.2) is 14.8 Å². The predicted molar refractivity (Wildman–Crippen MR) is 154 cm³/mol. The molecule has 0 bridgehead atoms. The summed E-state index contributed by atoms with van der Waals surface area (Å²) in [5.41, 5.74) is 0. The lowest BCUT2D eigenvalue weighted by atomic mass is 10.2. The Morgan fingerprint density at radius 2 is 0.906 bits per heavy atom. The fraction of sp³-hybridized carbons (Fsp3) is 0.571. The molecule has 2 aromatic carbocycles. The largest absolute Gasteiger partial charge is 0.222 e. The van der Waals surface area contributed by atoms with Gasteiger partial charge < -0.3 is 0 Å². The van der Waals surface area contributed by atoms with E-state index in [1.165, 1.54) is 67.0 Å². The average Bonchev–Trinajstić information content (AvgIpc) is 2.80. The quantitative estimate of drug-likeness (QED) is 0.209. The molecule has 0 spiro atoms. The molecule has 0 fully saturated rings. The number of halogens is 2. The molecule has 2 aromatic rings. The minimum atomic E-state index is -2.23. The third-order valence-electron chi connectivity index (χ3n) is 6.31. The minimum Gasteiger partial charge on any atom is -0.167 e. The highest BCUT2D eigenvalue weighted by molar-refractivity contribution is 7.35. The summed E-state index contributed by atoms with van der Waals surface area (Å²) < 4.78 is 0. The second-order valence-corrected chi connectivity index (χ2v) is 22.0. The van der Waals surface area contributed by atoms with Gasteiger partial charge in [0.05, 0.1) is 0 Å². The van der Waals surface area contributed by atoms with Crippen molar-refractivity contribution in [1.29, 1.82) is 0 Å². The minimum absolute atomic E-state index is 0.0667. The van der Waals surface area contributed by atoms with Crippen molar-refractivity contribution >= 4 is 47.3 Å². The Bertz CT molecular complexity index is 665. The SMILES string of the molecule is CC(C)(C)[Si](Cl)(c1ccccc1)c1ccccc1.CCCC[Si](Cl)(CCCC)CCCC. The summed E-state index contributed by atoms with van der Waals surface area (Å²) in [5.74, 6) is 0. The fourth-order valence-electron chi connectivity index (χ4n) is 4.22. The van der Waals surface area contributed by atoms with E-state index in [1.54, 1.807) is 0 Å². The van der Waals surface area contributed by atoms with Gasteiger partial charge in [-0.25, -0.2) is 0 Å². The molecular weight excluding hydrogens is 463 g/mol. The highest BCUT2D eigenvalue weighted by Gasteiger charge is 2.46. The molecule has 0 saturated carbocycles. The normalized spacial score (nSPS) is 12.2. The van der Waals surface area contributed by atoms with Crippen LogP contribution in [0.15, 0.2) is 60.7 Å². The molecule has 180 valence electrons. The molecule has 0 saturated heterocycles. The van der Waals surface area contributed by atoms with Crippen LogP contribution in [0.4, 0.5) is 0 Å². The zero-order valence-electron chi connectivity index (χ0n) is 21.4. The van der Waals surface area contributed by atoms with Gasteiger partial charge in [-0.2, -0.15) is 22.2 Å². The van der Waals surface area contributed by atoms with Crippen molar-refractivity contribution in [1.82, 2.24) is 0 Å². The van der Waals surface area contributed by atoms with E-state index in [-0.39, 0.29) is 5.04 Å². The van der Waals surface area contributed by atoms with Gasteiger partial charge in [0.25, 0.3) is 0 Å². The van der Waals surface area contributed by atoms with Gasteiger partial charge >= 0.3 is 0 Å². The Morgan fingerprint density at radius 3 is 1.16 bits per heavy atom. The smallest absolute Gasteiger partial charge is 0.167 e. The highest BCUT2D eigenvalue weighted by Crippen LogP contribution is 2.38. The lowest BCUT2D eigenvalue weighted by Crippen LogP contribution is -2.59. The average molecular weight is 510 g/mol. The zero-order chi connectivity index (χ0) is 24.1. The Balaban J connectivity index is 0.000000333. The van der Waals surface area contributed by atoms with Crippen molar-refractivity contribution in [2.24, 2.45) is 0 Å². The van der Waals surface area contributed by atoms with E-state index >= 15 is 0 Å². The van der Waals surface area contributed by atoms with E-state index in [0.717, 1.165) is 0 Å². The van der Waals surface area contributed by atoms with E-state index in [1.807, 2.05) is 12.1 Å². The van der Waals surface area contributed by atoms with Gasteiger partial charge in [0.15, 0.2) is 7.38 Å². The lowest BCUT2D eigenvalue weighted by Gasteiger charge is -2.38. The van der Waals surface area contributed by atoms with Crippen LogP contribution in [0.25, 0.3) is 0 Å². The number of rotatable bonds is 11. The fourth-order valence-corrected chi connectivity index (χ4v) is 13.3. The third kappa shape index (κ3) is 9.01. The van der Waals surface area contributed by atoms with Gasteiger partial charge in [-0.15, -0.1) is 0 Å². The standard InChI is InChI=1S/C16H19ClSi.C12H27ClSi/c1-16(2,3)18(17,14-10-6-4-7-11-14)15-12-8-5-9-13-15;1-4-7-10-14(13,11-8-5-2)12-9-6-3/h4-13H,1-3H3;4-12H2,1-3H3. The number of unbranched alkanes of at least 4 members (excludes halogenated alkanes) is 3. The van der Waals surface area contributed by atoms with Gasteiger partial charge in [0, 0.05) is 0 Å². The first-order chi connectivity index (χ1) is 15.1. The lowest BCUT2D eigenvalue weighted by molar-refractivity contribution is 0.744. The maximum Gasteiger partial charge on any atom is 0.222 e. The summed E-state index contributed by atoms with van der Waals surface area (Å²) >= 11 is 14.0. The monoisotopic (exact) mass is 508 g/mol. The molecule has 0 atom stereocenters.